The molecule has 2 aliphatic carbocycles. The first-order valence-corrected chi connectivity index (χ1v) is 7.14. The van der Waals surface area contributed by atoms with Gasteiger partial charge in [0, 0.05) is 12.1 Å². The van der Waals surface area contributed by atoms with Crippen molar-refractivity contribution in [3.63, 3.8) is 0 Å². The van der Waals surface area contributed by atoms with Gasteiger partial charge in [0.1, 0.15) is 5.60 Å². The summed E-state index contributed by atoms with van der Waals surface area (Å²) in [7, 11) is 0. The molecule has 0 spiro atoms. The van der Waals surface area contributed by atoms with Gasteiger partial charge in [-0.15, -0.1) is 0 Å². The van der Waals surface area contributed by atoms with E-state index in [1.54, 1.807) is 11.1 Å². The van der Waals surface area contributed by atoms with E-state index in [9.17, 15) is 9.90 Å². The van der Waals surface area contributed by atoms with Gasteiger partial charge in [-0.05, 0) is 43.7 Å². The van der Waals surface area contributed by atoms with Crippen molar-refractivity contribution in [2.75, 3.05) is 13.1 Å². The molecule has 2 saturated carbocycles. The highest BCUT2D eigenvalue weighted by atomic mass is 16.3. The average molecular weight is 258 g/mol. The molecule has 4 heteroatoms. The Morgan fingerprint density at radius 1 is 1.32 bits per heavy atom. The van der Waals surface area contributed by atoms with Crippen LogP contribution < -0.4 is 0 Å². The van der Waals surface area contributed by atoms with E-state index in [1.807, 2.05) is 12.1 Å². The molecular weight excluding hydrogens is 240 g/mol. The molecule has 2 heterocycles. The highest BCUT2D eigenvalue weighted by Gasteiger charge is 2.53. The topological polar surface area (TPSA) is 53.4 Å². The van der Waals surface area contributed by atoms with Crippen LogP contribution in [-0.4, -0.2) is 39.6 Å². The van der Waals surface area contributed by atoms with Crippen molar-refractivity contribution in [1.29, 1.82) is 0 Å². The van der Waals surface area contributed by atoms with E-state index in [0.717, 1.165) is 36.9 Å². The molecule has 0 atom stereocenters. The van der Waals surface area contributed by atoms with E-state index in [2.05, 4.69) is 4.98 Å². The number of carbonyl (C=O) groups excluding carboxylic acids is 1. The molecule has 0 bridgehead atoms. The largest absolute Gasteiger partial charge is 0.386 e. The molecule has 4 rings (SSSR count). The number of aliphatic hydroxyl groups is 1. The molecule has 1 aromatic heterocycles. The summed E-state index contributed by atoms with van der Waals surface area (Å²) in [6.45, 7) is 0.991. The van der Waals surface area contributed by atoms with Crippen molar-refractivity contribution in [3.8, 4) is 0 Å². The zero-order valence-corrected chi connectivity index (χ0v) is 10.9. The van der Waals surface area contributed by atoms with Crippen LogP contribution in [0.5, 0.6) is 0 Å². The summed E-state index contributed by atoms with van der Waals surface area (Å²) in [5.41, 5.74) is 1.09. The van der Waals surface area contributed by atoms with Gasteiger partial charge in [0.25, 0.3) is 5.91 Å². The van der Waals surface area contributed by atoms with Gasteiger partial charge in [-0.25, -0.2) is 0 Å². The van der Waals surface area contributed by atoms with E-state index in [1.165, 1.54) is 0 Å². The Hall–Kier alpha value is -1.42. The Morgan fingerprint density at radius 2 is 2.05 bits per heavy atom. The standard InChI is InChI=1S/C15H18N2O2/c18-14(17-8-15(19,9-17)11-5-6-11)12-2-1-7-16-13(12)10-3-4-10/h1-2,7,10-11,19H,3-6,8-9H2. The third-order valence-corrected chi connectivity index (χ3v) is 4.59. The lowest BCUT2D eigenvalue weighted by Gasteiger charge is -2.47. The molecule has 1 N–H and O–H groups in total. The van der Waals surface area contributed by atoms with Crippen LogP contribution in [0.25, 0.3) is 0 Å². The smallest absolute Gasteiger partial charge is 0.255 e. The molecule has 1 aliphatic heterocycles. The Balaban J connectivity index is 1.52. The third-order valence-electron chi connectivity index (χ3n) is 4.59. The normalized spacial score (nSPS) is 25.0. The van der Waals surface area contributed by atoms with Crippen LogP contribution in [0.15, 0.2) is 18.3 Å². The van der Waals surface area contributed by atoms with E-state index >= 15 is 0 Å². The fourth-order valence-electron chi connectivity index (χ4n) is 3.09. The zero-order valence-electron chi connectivity index (χ0n) is 10.9. The number of hydrogen-bond acceptors (Lipinski definition) is 3. The fourth-order valence-corrected chi connectivity index (χ4v) is 3.09. The van der Waals surface area contributed by atoms with Crippen LogP contribution in [0.2, 0.25) is 0 Å². The van der Waals surface area contributed by atoms with Crippen molar-refractivity contribution >= 4 is 5.91 Å². The first-order valence-electron chi connectivity index (χ1n) is 7.14. The van der Waals surface area contributed by atoms with Gasteiger partial charge < -0.3 is 10.0 Å². The molecular formula is C15H18N2O2. The number of nitrogens with zero attached hydrogens (tertiary/aromatic N) is 2. The Kier molecular flexibility index (Phi) is 2.28. The van der Waals surface area contributed by atoms with Gasteiger partial charge in [0.15, 0.2) is 0 Å². The maximum Gasteiger partial charge on any atom is 0.255 e. The summed E-state index contributed by atoms with van der Waals surface area (Å²) in [4.78, 5) is 18.6. The van der Waals surface area contributed by atoms with E-state index < -0.39 is 5.60 Å². The van der Waals surface area contributed by atoms with Crippen molar-refractivity contribution in [2.45, 2.75) is 37.2 Å². The number of hydrogen-bond donors (Lipinski definition) is 1. The summed E-state index contributed by atoms with van der Waals surface area (Å²) in [5, 5.41) is 10.3. The Labute approximate surface area is 112 Å². The van der Waals surface area contributed by atoms with Crippen molar-refractivity contribution in [1.82, 2.24) is 9.88 Å². The van der Waals surface area contributed by atoms with E-state index in [-0.39, 0.29) is 5.91 Å². The minimum absolute atomic E-state index is 0.0420. The number of likely N-dealkylation sites (tertiary alicyclic amines) is 1. The van der Waals surface area contributed by atoms with Crippen LogP contribution >= 0.6 is 0 Å². The predicted molar refractivity (Wildman–Crippen MR) is 69.8 cm³/mol. The van der Waals surface area contributed by atoms with E-state index in [0.29, 0.717) is 24.9 Å². The summed E-state index contributed by atoms with van der Waals surface area (Å²) >= 11 is 0. The second-order valence-corrected chi connectivity index (χ2v) is 6.25. The van der Waals surface area contributed by atoms with Gasteiger partial charge in [0.05, 0.1) is 24.3 Å². The van der Waals surface area contributed by atoms with Crippen LogP contribution in [-0.2, 0) is 0 Å². The summed E-state index contributed by atoms with van der Waals surface area (Å²) in [6, 6.07) is 3.70. The quantitative estimate of drug-likeness (QED) is 0.895. The van der Waals surface area contributed by atoms with Crippen LogP contribution in [0.1, 0.15) is 47.7 Å². The minimum atomic E-state index is -0.600. The SMILES string of the molecule is O=C(c1cccnc1C1CC1)N1CC(O)(C2CC2)C1. The first-order chi connectivity index (χ1) is 9.17. The molecule has 1 amide bonds. The summed E-state index contributed by atoms with van der Waals surface area (Å²) < 4.78 is 0. The number of amides is 1. The van der Waals surface area contributed by atoms with Crippen molar-refractivity contribution < 1.29 is 9.90 Å². The Morgan fingerprint density at radius 3 is 2.68 bits per heavy atom. The van der Waals surface area contributed by atoms with Gasteiger partial charge in [-0.1, -0.05) is 0 Å². The van der Waals surface area contributed by atoms with Crippen LogP contribution in [0.3, 0.4) is 0 Å². The second kappa shape index (κ2) is 3.79. The first kappa shape index (κ1) is 11.4. The zero-order chi connectivity index (χ0) is 13.0. The lowest BCUT2D eigenvalue weighted by atomic mass is 9.88. The molecule has 0 unspecified atom stereocenters. The van der Waals surface area contributed by atoms with E-state index in [4.69, 9.17) is 0 Å². The van der Waals surface area contributed by atoms with Gasteiger partial charge >= 0.3 is 0 Å². The highest BCUT2D eigenvalue weighted by Crippen LogP contribution is 2.45. The summed E-state index contributed by atoms with van der Waals surface area (Å²) in [5.74, 6) is 0.942. The molecule has 1 saturated heterocycles. The summed E-state index contributed by atoms with van der Waals surface area (Å²) in [6.07, 6.45) is 6.27. The third kappa shape index (κ3) is 1.86. The monoisotopic (exact) mass is 258 g/mol. The maximum absolute atomic E-state index is 12.5. The average Bonchev–Trinajstić information content (AvgIpc) is 3.27. The maximum atomic E-state index is 12.5. The number of aromatic nitrogens is 1. The molecule has 100 valence electrons. The lowest BCUT2D eigenvalue weighted by Crippen LogP contribution is -2.64. The molecule has 1 aromatic rings. The highest BCUT2D eigenvalue weighted by molar-refractivity contribution is 5.96. The van der Waals surface area contributed by atoms with Gasteiger partial charge in [-0.3, -0.25) is 9.78 Å². The molecule has 0 aromatic carbocycles. The number of carbonyl (C=O) groups is 1. The number of rotatable bonds is 3. The second-order valence-electron chi connectivity index (χ2n) is 6.25. The predicted octanol–water partition coefficient (Wildman–Crippen LogP) is 1.56. The lowest BCUT2D eigenvalue weighted by molar-refractivity contribution is -0.0958. The van der Waals surface area contributed by atoms with Crippen LogP contribution in [0.4, 0.5) is 0 Å². The molecule has 3 fully saturated rings. The molecule has 19 heavy (non-hydrogen) atoms. The molecule has 4 nitrogen and oxygen atoms in total. The fraction of sp³-hybridized carbons (Fsp3) is 0.600. The molecule has 3 aliphatic rings. The van der Waals surface area contributed by atoms with Crippen molar-refractivity contribution in [2.24, 2.45) is 5.92 Å². The molecule has 0 radical (unpaired) electrons. The number of pyridine rings is 1. The minimum Gasteiger partial charge on any atom is -0.386 e. The van der Waals surface area contributed by atoms with Crippen LogP contribution in [0, 0.1) is 5.92 Å². The van der Waals surface area contributed by atoms with Gasteiger partial charge in [0.2, 0.25) is 0 Å². The van der Waals surface area contributed by atoms with Crippen molar-refractivity contribution in [3.05, 3.63) is 29.6 Å². The number of β-amino-alcohol motifs (C(OH)–C–C–N with tert-alkyl or cyclic N) is 1. The van der Waals surface area contributed by atoms with Gasteiger partial charge in [-0.2, -0.15) is 0 Å². The Bertz CT molecular complexity index is 529.